The van der Waals surface area contributed by atoms with E-state index in [0.717, 1.165) is 6.54 Å². The number of rotatable bonds is 3. The van der Waals surface area contributed by atoms with Crippen molar-refractivity contribution in [1.82, 2.24) is 0 Å². The maximum atomic E-state index is 5.55. The van der Waals surface area contributed by atoms with E-state index in [4.69, 9.17) is 5.73 Å². The Morgan fingerprint density at radius 3 is 2.36 bits per heavy atom. The minimum Gasteiger partial charge on any atom is -0.330 e. The van der Waals surface area contributed by atoms with Gasteiger partial charge in [0.25, 0.3) is 0 Å². The van der Waals surface area contributed by atoms with Gasteiger partial charge in [-0.05, 0) is 33.2 Å². The minimum atomic E-state index is 0.506. The van der Waals surface area contributed by atoms with Gasteiger partial charge in [0.2, 0.25) is 0 Å². The first-order valence-electron chi connectivity index (χ1n) is 4.13. The van der Waals surface area contributed by atoms with Gasteiger partial charge in [-0.2, -0.15) is 0 Å². The van der Waals surface area contributed by atoms with Crippen LogP contribution in [0.2, 0.25) is 0 Å². The highest BCUT2D eigenvalue weighted by Crippen LogP contribution is 2.13. The van der Waals surface area contributed by atoms with E-state index in [1.54, 1.807) is 0 Å². The van der Waals surface area contributed by atoms with Crippen LogP contribution < -0.4 is 5.73 Å². The highest BCUT2D eigenvalue weighted by Gasteiger charge is 2.02. The summed E-state index contributed by atoms with van der Waals surface area (Å²) in [5, 5.41) is 0. The topological polar surface area (TPSA) is 26.0 Å². The Bertz CT molecular complexity index is 166. The molecule has 0 aromatic heterocycles. The third-order valence-electron chi connectivity index (χ3n) is 2.13. The summed E-state index contributed by atoms with van der Waals surface area (Å²) in [5.74, 6) is 0.506. The van der Waals surface area contributed by atoms with Crippen LogP contribution in [-0.2, 0) is 0 Å². The molecule has 2 N–H and O–H groups in total. The molecule has 0 fully saturated rings. The van der Waals surface area contributed by atoms with Gasteiger partial charge in [0.15, 0.2) is 0 Å². The molecule has 0 amide bonds. The molecule has 0 saturated carbocycles. The largest absolute Gasteiger partial charge is 0.330 e. The first-order chi connectivity index (χ1) is 5.13. The van der Waals surface area contributed by atoms with Gasteiger partial charge in [0, 0.05) is 0 Å². The zero-order valence-corrected chi connectivity index (χ0v) is 8.02. The fraction of sp³-hybridized carbons (Fsp3) is 0.600. The van der Waals surface area contributed by atoms with Crippen LogP contribution in [0.3, 0.4) is 0 Å². The van der Waals surface area contributed by atoms with Crippen molar-refractivity contribution in [2.75, 3.05) is 6.54 Å². The van der Waals surface area contributed by atoms with Gasteiger partial charge in [-0.3, -0.25) is 0 Å². The lowest BCUT2D eigenvalue weighted by molar-refractivity contribution is 0.688. The summed E-state index contributed by atoms with van der Waals surface area (Å²) in [6, 6.07) is 0. The number of allylic oxidation sites excluding steroid dienone is 3. The highest BCUT2D eigenvalue weighted by atomic mass is 14.5. The van der Waals surface area contributed by atoms with Gasteiger partial charge >= 0.3 is 0 Å². The average molecular weight is 153 g/mol. The van der Waals surface area contributed by atoms with Crippen LogP contribution in [-0.4, -0.2) is 6.54 Å². The molecule has 0 radical (unpaired) electrons. The van der Waals surface area contributed by atoms with Crippen LogP contribution in [0.5, 0.6) is 0 Å². The summed E-state index contributed by atoms with van der Waals surface area (Å²) >= 11 is 0. The maximum Gasteiger partial charge on any atom is -0.00140 e. The molecule has 0 aliphatic carbocycles. The molecule has 0 bridgehead atoms. The first kappa shape index (κ1) is 10.4. The van der Waals surface area contributed by atoms with E-state index in [-0.39, 0.29) is 0 Å². The van der Waals surface area contributed by atoms with Gasteiger partial charge in [-0.25, -0.2) is 0 Å². The second kappa shape index (κ2) is 5.14. The van der Waals surface area contributed by atoms with Crippen molar-refractivity contribution in [3.63, 3.8) is 0 Å². The zero-order valence-electron chi connectivity index (χ0n) is 8.02. The molecule has 64 valence electrons. The Hall–Kier alpha value is -0.560. The molecule has 0 aromatic rings. The molecule has 0 heterocycles. The average Bonchev–Trinajstić information content (AvgIpc) is 2.02. The van der Waals surface area contributed by atoms with Crippen molar-refractivity contribution in [3.8, 4) is 0 Å². The van der Waals surface area contributed by atoms with Crippen molar-refractivity contribution in [2.24, 2.45) is 11.7 Å². The molecule has 0 spiro atoms. The van der Waals surface area contributed by atoms with E-state index in [0.29, 0.717) is 5.92 Å². The monoisotopic (exact) mass is 153 g/mol. The first-order valence-corrected chi connectivity index (χ1v) is 4.13. The summed E-state index contributed by atoms with van der Waals surface area (Å²) in [6.07, 6.45) is 4.18. The standard InChI is InChI=1S/C10H19N/c1-5-6-8(2)10(4)9(3)7-11/h5-6,9H,7,11H2,1-4H3. The Kier molecular flexibility index (Phi) is 4.88. The number of hydrogen-bond donors (Lipinski definition) is 1. The molecule has 0 aliphatic rings. The van der Waals surface area contributed by atoms with E-state index in [1.807, 2.05) is 6.92 Å². The van der Waals surface area contributed by atoms with E-state index in [9.17, 15) is 0 Å². The third kappa shape index (κ3) is 3.38. The fourth-order valence-corrected chi connectivity index (χ4v) is 0.947. The minimum absolute atomic E-state index is 0.506. The van der Waals surface area contributed by atoms with E-state index >= 15 is 0 Å². The van der Waals surface area contributed by atoms with Crippen molar-refractivity contribution in [3.05, 3.63) is 23.3 Å². The Labute approximate surface area is 70.0 Å². The lowest BCUT2D eigenvalue weighted by Crippen LogP contribution is -2.12. The fourth-order valence-electron chi connectivity index (χ4n) is 0.947. The van der Waals surface area contributed by atoms with Crippen LogP contribution in [0, 0.1) is 5.92 Å². The van der Waals surface area contributed by atoms with Crippen LogP contribution in [0.15, 0.2) is 23.3 Å². The van der Waals surface area contributed by atoms with Crippen LogP contribution >= 0.6 is 0 Å². The Morgan fingerprint density at radius 1 is 1.45 bits per heavy atom. The van der Waals surface area contributed by atoms with Crippen LogP contribution in [0.25, 0.3) is 0 Å². The smallest absolute Gasteiger partial charge is 0.00140 e. The lowest BCUT2D eigenvalue weighted by atomic mass is 9.98. The zero-order chi connectivity index (χ0) is 8.85. The van der Waals surface area contributed by atoms with Gasteiger partial charge in [0.1, 0.15) is 0 Å². The Balaban J connectivity index is 4.38. The summed E-state index contributed by atoms with van der Waals surface area (Å²) in [7, 11) is 0. The van der Waals surface area contributed by atoms with Gasteiger partial charge in [-0.15, -0.1) is 0 Å². The lowest BCUT2D eigenvalue weighted by Gasteiger charge is -2.10. The van der Waals surface area contributed by atoms with Crippen molar-refractivity contribution in [1.29, 1.82) is 0 Å². The van der Waals surface area contributed by atoms with Gasteiger partial charge in [-0.1, -0.05) is 30.2 Å². The van der Waals surface area contributed by atoms with Crippen LogP contribution in [0.4, 0.5) is 0 Å². The maximum absolute atomic E-state index is 5.55. The molecule has 0 saturated heterocycles. The molecule has 1 unspecified atom stereocenters. The molecule has 11 heavy (non-hydrogen) atoms. The molecule has 1 nitrogen and oxygen atoms in total. The summed E-state index contributed by atoms with van der Waals surface area (Å²) < 4.78 is 0. The van der Waals surface area contributed by atoms with E-state index in [1.165, 1.54) is 11.1 Å². The normalized spacial score (nSPS) is 16.8. The quantitative estimate of drug-likeness (QED) is 0.619. The van der Waals surface area contributed by atoms with Crippen LogP contribution in [0.1, 0.15) is 27.7 Å². The SMILES string of the molecule is CC=CC(C)=C(C)C(C)CN. The summed E-state index contributed by atoms with van der Waals surface area (Å²) in [4.78, 5) is 0. The van der Waals surface area contributed by atoms with Crippen molar-refractivity contribution >= 4 is 0 Å². The second-order valence-electron chi connectivity index (χ2n) is 3.00. The van der Waals surface area contributed by atoms with Crippen molar-refractivity contribution in [2.45, 2.75) is 27.7 Å². The van der Waals surface area contributed by atoms with Gasteiger partial charge in [0.05, 0.1) is 0 Å². The number of hydrogen-bond acceptors (Lipinski definition) is 1. The molecule has 1 heteroatoms. The van der Waals surface area contributed by atoms with E-state index < -0.39 is 0 Å². The number of nitrogens with two attached hydrogens (primary N) is 1. The summed E-state index contributed by atoms with van der Waals surface area (Å²) in [5.41, 5.74) is 8.28. The molecular weight excluding hydrogens is 134 g/mol. The van der Waals surface area contributed by atoms with E-state index in [2.05, 4.69) is 32.9 Å². The van der Waals surface area contributed by atoms with Gasteiger partial charge < -0.3 is 5.73 Å². The molecule has 1 atom stereocenters. The second-order valence-corrected chi connectivity index (χ2v) is 3.00. The molecule has 0 rings (SSSR count). The van der Waals surface area contributed by atoms with Crippen molar-refractivity contribution < 1.29 is 0 Å². The highest BCUT2D eigenvalue weighted by molar-refractivity contribution is 5.23. The summed E-state index contributed by atoms with van der Waals surface area (Å²) in [6.45, 7) is 9.20. The molecule has 0 aromatic carbocycles. The predicted molar refractivity (Wildman–Crippen MR) is 51.4 cm³/mol. The Morgan fingerprint density at radius 2 is 2.00 bits per heavy atom. The molecule has 0 aliphatic heterocycles. The third-order valence-corrected chi connectivity index (χ3v) is 2.13. The predicted octanol–water partition coefficient (Wildman–Crippen LogP) is 2.49. The molecular formula is C10H19N.